The second kappa shape index (κ2) is 11.7. The summed E-state index contributed by atoms with van der Waals surface area (Å²) < 4.78 is 24.3. The quantitative estimate of drug-likeness (QED) is 0.312. The summed E-state index contributed by atoms with van der Waals surface area (Å²) >= 11 is 0. The molecule has 12 heteroatoms. The van der Waals surface area contributed by atoms with Crippen LogP contribution < -0.4 is 5.32 Å². The third-order valence-corrected chi connectivity index (χ3v) is 9.15. The van der Waals surface area contributed by atoms with Crippen LogP contribution in [0.2, 0.25) is 0 Å². The van der Waals surface area contributed by atoms with Gasteiger partial charge in [0.05, 0.1) is 29.4 Å². The normalized spacial score (nSPS) is 17.6. The fourth-order valence-corrected chi connectivity index (χ4v) is 7.01. The lowest BCUT2D eigenvalue weighted by molar-refractivity contribution is -0.119. The Balaban J connectivity index is 1.13. The van der Waals surface area contributed by atoms with Crippen molar-refractivity contribution in [1.29, 1.82) is 0 Å². The average molecular weight is 641 g/mol. The Morgan fingerprint density at radius 1 is 1.02 bits per heavy atom. The predicted molar refractivity (Wildman–Crippen MR) is 173 cm³/mol. The third-order valence-electron chi connectivity index (χ3n) is 9.15. The molecule has 3 aliphatic rings. The van der Waals surface area contributed by atoms with E-state index in [1.165, 1.54) is 12.1 Å². The number of imidazole rings is 1. The Kier molecular flexibility index (Phi) is 7.60. The number of nitrogens with zero attached hydrogens (tertiary/aromatic N) is 5. The summed E-state index contributed by atoms with van der Waals surface area (Å²) in [5.74, 6) is -0.837. The highest BCUT2D eigenvalue weighted by atomic mass is 19.1. The van der Waals surface area contributed by atoms with Gasteiger partial charge in [-0.25, -0.2) is 19.0 Å². The summed E-state index contributed by atoms with van der Waals surface area (Å²) in [7, 11) is 0. The first-order valence-electron chi connectivity index (χ1n) is 16.0. The minimum absolute atomic E-state index is 0.110. The van der Waals surface area contributed by atoms with Gasteiger partial charge in [-0.15, -0.1) is 0 Å². The summed E-state index contributed by atoms with van der Waals surface area (Å²) in [5, 5.41) is 3.37. The fraction of sp³-hybridized carbons (Fsp3) is 0.400. The highest BCUT2D eigenvalue weighted by Crippen LogP contribution is 2.41. The number of Topliss-reactive ketones (excluding diaryl/α,β-unsaturated/α-hetero) is 2. The average Bonchev–Trinajstić information content (AvgIpc) is 3.64. The van der Waals surface area contributed by atoms with Crippen LogP contribution in [0.3, 0.4) is 0 Å². The molecule has 47 heavy (non-hydrogen) atoms. The molecule has 5 heterocycles. The maximum atomic E-state index is 15.3. The molecule has 1 aromatic carbocycles. The van der Waals surface area contributed by atoms with Gasteiger partial charge in [-0.1, -0.05) is 6.07 Å². The van der Waals surface area contributed by atoms with Gasteiger partial charge in [0.2, 0.25) is 0 Å². The van der Waals surface area contributed by atoms with Crippen LogP contribution in [0.15, 0.2) is 48.9 Å². The number of aromatic nitrogens is 3. The summed E-state index contributed by atoms with van der Waals surface area (Å²) in [5.41, 5.74) is 3.08. The van der Waals surface area contributed by atoms with Gasteiger partial charge in [-0.2, -0.15) is 0 Å². The molecular formula is C35H37FN6O5. The lowest BCUT2D eigenvalue weighted by Gasteiger charge is -2.35. The van der Waals surface area contributed by atoms with Crippen LogP contribution in [-0.4, -0.2) is 79.2 Å². The van der Waals surface area contributed by atoms with Crippen molar-refractivity contribution < 1.29 is 28.3 Å². The van der Waals surface area contributed by atoms with E-state index in [1.54, 1.807) is 21.7 Å². The van der Waals surface area contributed by atoms with Crippen molar-refractivity contribution in [3.05, 3.63) is 71.6 Å². The molecule has 0 radical (unpaired) electrons. The molecule has 1 aliphatic carbocycles. The molecule has 0 atom stereocenters. The molecule has 244 valence electrons. The number of pyridine rings is 1. The Labute approximate surface area is 271 Å². The standard InChI is InChI=1S/C35H37FN6O5/c1-35(2,3)47-33(45)38-17-21-7-10-39(11-8-21)34(46)41-13-12-40-20-25(24-15-23(36)14-22(19-41)32(24)40)30-27(43)16-28(44)31(30)26-18-37-29-6-4-5-9-42(26)29/h4-6,9,14-15,18,20-21H,7-8,10-13,16-17,19H2,1-3H3,(H,38,45). The number of alkyl carbamates (subject to hydrolysis) is 1. The smallest absolute Gasteiger partial charge is 0.407 e. The van der Waals surface area contributed by atoms with Crippen LogP contribution in [-0.2, 0) is 27.4 Å². The van der Waals surface area contributed by atoms with E-state index in [0.717, 1.165) is 18.4 Å². The van der Waals surface area contributed by atoms with Crippen molar-refractivity contribution in [3.63, 3.8) is 0 Å². The molecule has 0 saturated carbocycles. The maximum Gasteiger partial charge on any atom is 0.407 e. The number of ether oxygens (including phenoxy) is 1. The molecule has 1 N–H and O–H groups in total. The zero-order valence-corrected chi connectivity index (χ0v) is 26.7. The highest BCUT2D eigenvalue weighted by Gasteiger charge is 2.37. The van der Waals surface area contributed by atoms with Crippen molar-refractivity contribution in [1.82, 2.24) is 29.1 Å². The molecule has 2 aliphatic heterocycles. The van der Waals surface area contributed by atoms with Crippen LogP contribution in [0, 0.1) is 11.7 Å². The Bertz CT molecular complexity index is 1980. The molecule has 4 aromatic rings. The van der Waals surface area contributed by atoms with Crippen LogP contribution >= 0.6 is 0 Å². The van der Waals surface area contributed by atoms with Gasteiger partial charge in [0.1, 0.15) is 17.1 Å². The SMILES string of the molecule is CC(C)(C)OC(=O)NCC1CCN(C(=O)N2CCn3cc(C4=C(c5cnc6ccccn56)C(=O)CC4=O)c4cc(F)cc(c43)C2)CC1. The summed E-state index contributed by atoms with van der Waals surface area (Å²) in [6.07, 6.45) is 6.02. The lowest BCUT2D eigenvalue weighted by Crippen LogP contribution is -2.48. The topological polar surface area (TPSA) is 118 Å². The number of rotatable bonds is 4. The second-order valence-electron chi connectivity index (χ2n) is 13.6. The fourth-order valence-electron chi connectivity index (χ4n) is 7.01. The van der Waals surface area contributed by atoms with E-state index >= 15 is 4.39 Å². The lowest BCUT2D eigenvalue weighted by atomic mass is 9.97. The number of carbonyl (C=O) groups excluding carboxylic acids is 4. The minimum atomic E-state index is -0.564. The number of fused-ring (bicyclic) bond motifs is 1. The number of allylic oxidation sites excluding steroid dienone is 2. The number of halogens is 1. The molecule has 3 amide bonds. The van der Waals surface area contributed by atoms with Crippen LogP contribution in [0.4, 0.5) is 14.0 Å². The summed E-state index contributed by atoms with van der Waals surface area (Å²) in [6.45, 7) is 8.11. The first kappa shape index (κ1) is 30.6. The second-order valence-corrected chi connectivity index (χ2v) is 13.6. The van der Waals surface area contributed by atoms with Crippen molar-refractivity contribution in [2.75, 3.05) is 26.2 Å². The van der Waals surface area contributed by atoms with Crippen molar-refractivity contribution in [2.24, 2.45) is 5.92 Å². The first-order chi connectivity index (χ1) is 22.5. The van der Waals surface area contributed by atoms with Crippen LogP contribution in [0.25, 0.3) is 27.7 Å². The molecular weight excluding hydrogens is 603 g/mol. The Morgan fingerprint density at radius 3 is 2.55 bits per heavy atom. The predicted octanol–water partition coefficient (Wildman–Crippen LogP) is 5.05. The number of hydrogen-bond acceptors (Lipinski definition) is 6. The zero-order valence-electron chi connectivity index (χ0n) is 26.7. The Hall–Kier alpha value is -5.00. The molecule has 7 rings (SSSR count). The number of carbonyl (C=O) groups is 4. The van der Waals surface area contributed by atoms with E-state index in [1.807, 2.05) is 54.6 Å². The van der Waals surface area contributed by atoms with Gasteiger partial charge in [0.25, 0.3) is 0 Å². The highest BCUT2D eigenvalue weighted by molar-refractivity contribution is 6.51. The number of likely N-dealkylation sites (tertiary alicyclic amines) is 1. The largest absolute Gasteiger partial charge is 0.444 e. The number of nitrogens with one attached hydrogen (secondary N) is 1. The molecule has 0 bridgehead atoms. The van der Waals surface area contributed by atoms with Gasteiger partial charge in [-0.05, 0) is 69.4 Å². The molecule has 1 fully saturated rings. The van der Waals surface area contributed by atoms with Crippen LogP contribution in [0.1, 0.15) is 56.9 Å². The number of benzene rings is 1. The van der Waals surface area contributed by atoms with E-state index in [-0.39, 0.29) is 47.6 Å². The van der Waals surface area contributed by atoms with E-state index < -0.39 is 17.5 Å². The van der Waals surface area contributed by atoms with Gasteiger partial charge in [0.15, 0.2) is 11.6 Å². The summed E-state index contributed by atoms with van der Waals surface area (Å²) in [6, 6.07) is 8.25. The molecule has 3 aromatic heterocycles. The number of piperidine rings is 1. The first-order valence-corrected chi connectivity index (χ1v) is 16.0. The van der Waals surface area contributed by atoms with Gasteiger partial charge in [0, 0.05) is 68.2 Å². The van der Waals surface area contributed by atoms with Crippen molar-refractivity contribution in [2.45, 2.75) is 58.7 Å². The van der Waals surface area contributed by atoms with Gasteiger partial charge in [-0.3, -0.25) is 14.0 Å². The summed E-state index contributed by atoms with van der Waals surface area (Å²) in [4.78, 5) is 60.4. The van der Waals surface area contributed by atoms with Gasteiger partial charge >= 0.3 is 12.1 Å². The Morgan fingerprint density at radius 2 is 1.79 bits per heavy atom. The van der Waals surface area contributed by atoms with Crippen molar-refractivity contribution >= 4 is 51.4 Å². The minimum Gasteiger partial charge on any atom is -0.444 e. The van der Waals surface area contributed by atoms with E-state index in [9.17, 15) is 19.2 Å². The number of ketones is 2. The maximum absolute atomic E-state index is 15.3. The molecule has 1 saturated heterocycles. The number of hydrogen-bond donors (Lipinski definition) is 1. The molecule has 0 spiro atoms. The van der Waals surface area contributed by atoms with E-state index in [4.69, 9.17) is 4.74 Å². The monoisotopic (exact) mass is 640 g/mol. The number of amides is 3. The van der Waals surface area contributed by atoms with E-state index in [2.05, 4.69) is 10.3 Å². The van der Waals surface area contributed by atoms with Crippen molar-refractivity contribution in [3.8, 4) is 0 Å². The molecule has 11 nitrogen and oxygen atoms in total. The zero-order chi connectivity index (χ0) is 33.0. The van der Waals surface area contributed by atoms with Gasteiger partial charge < -0.3 is 24.4 Å². The molecule has 0 unspecified atom stereocenters. The third kappa shape index (κ3) is 5.77. The number of urea groups is 1. The van der Waals surface area contributed by atoms with Crippen LogP contribution in [0.5, 0.6) is 0 Å². The van der Waals surface area contributed by atoms with E-state index in [0.29, 0.717) is 60.6 Å².